The summed E-state index contributed by atoms with van der Waals surface area (Å²) in [6, 6.07) is 16.1. The van der Waals surface area contributed by atoms with Crippen molar-refractivity contribution in [3.05, 3.63) is 75.3 Å². The first-order valence-electron chi connectivity index (χ1n) is 8.96. The van der Waals surface area contributed by atoms with Crippen LogP contribution < -0.4 is 15.0 Å². The van der Waals surface area contributed by atoms with E-state index in [9.17, 15) is 4.79 Å². The number of hydrogen-bond acceptors (Lipinski definition) is 7. The van der Waals surface area contributed by atoms with Crippen LogP contribution in [0.1, 0.15) is 5.89 Å². The van der Waals surface area contributed by atoms with Crippen LogP contribution >= 0.6 is 15.9 Å². The van der Waals surface area contributed by atoms with E-state index in [1.807, 2.05) is 24.3 Å². The average Bonchev–Trinajstić information content (AvgIpc) is 3.24. The molecule has 0 saturated carbocycles. The molecule has 0 radical (unpaired) electrons. The highest BCUT2D eigenvalue weighted by molar-refractivity contribution is 9.10. The summed E-state index contributed by atoms with van der Waals surface area (Å²) in [6.45, 7) is 0.0590. The van der Waals surface area contributed by atoms with Crippen LogP contribution in [0.15, 0.2) is 68.4 Å². The quantitative estimate of drug-likeness (QED) is 0.424. The van der Waals surface area contributed by atoms with Gasteiger partial charge in [0.1, 0.15) is 6.54 Å². The predicted octanol–water partition coefficient (Wildman–Crippen LogP) is 3.79. The van der Waals surface area contributed by atoms with Gasteiger partial charge in [0, 0.05) is 21.7 Å². The molecule has 0 saturated heterocycles. The number of benzene rings is 2. The Kier molecular flexibility index (Phi) is 5.62. The second-order valence-corrected chi connectivity index (χ2v) is 7.22. The molecule has 2 aromatic carbocycles. The van der Waals surface area contributed by atoms with Crippen LogP contribution in [-0.4, -0.2) is 34.1 Å². The van der Waals surface area contributed by atoms with Crippen molar-refractivity contribution in [2.45, 2.75) is 6.54 Å². The van der Waals surface area contributed by atoms with Gasteiger partial charge < -0.3 is 14.0 Å². The van der Waals surface area contributed by atoms with Gasteiger partial charge in [0.25, 0.3) is 5.56 Å². The number of ether oxygens (including phenoxy) is 2. The zero-order chi connectivity index (χ0) is 21.1. The molecular weight excluding hydrogens is 452 g/mol. The van der Waals surface area contributed by atoms with E-state index >= 15 is 0 Å². The highest BCUT2D eigenvalue weighted by Gasteiger charge is 2.14. The molecule has 0 bridgehead atoms. The van der Waals surface area contributed by atoms with Crippen molar-refractivity contribution in [1.29, 1.82) is 0 Å². The predicted molar refractivity (Wildman–Crippen MR) is 114 cm³/mol. The normalized spacial score (nSPS) is 10.8. The van der Waals surface area contributed by atoms with Crippen molar-refractivity contribution in [2.75, 3.05) is 14.2 Å². The molecule has 0 aliphatic carbocycles. The van der Waals surface area contributed by atoms with E-state index in [1.165, 1.54) is 10.7 Å². The van der Waals surface area contributed by atoms with Crippen LogP contribution in [-0.2, 0) is 6.54 Å². The summed E-state index contributed by atoms with van der Waals surface area (Å²) in [4.78, 5) is 16.6. The van der Waals surface area contributed by atoms with Gasteiger partial charge in [-0.05, 0) is 36.4 Å². The van der Waals surface area contributed by atoms with Gasteiger partial charge in [-0.2, -0.15) is 10.1 Å². The Balaban J connectivity index is 1.60. The van der Waals surface area contributed by atoms with Crippen LogP contribution in [0, 0.1) is 0 Å². The Bertz CT molecular complexity index is 1230. The summed E-state index contributed by atoms with van der Waals surface area (Å²) >= 11 is 3.41. The maximum absolute atomic E-state index is 12.3. The Labute approximate surface area is 180 Å². The molecule has 0 amide bonds. The average molecular weight is 469 g/mol. The highest BCUT2D eigenvalue weighted by Crippen LogP contribution is 2.31. The van der Waals surface area contributed by atoms with E-state index in [0.29, 0.717) is 28.6 Å². The molecule has 4 aromatic rings. The molecule has 0 aliphatic heterocycles. The number of aromatic nitrogens is 4. The lowest BCUT2D eigenvalue weighted by Gasteiger charge is -2.07. The third-order valence-corrected chi connectivity index (χ3v) is 4.93. The first-order chi connectivity index (χ1) is 14.6. The summed E-state index contributed by atoms with van der Waals surface area (Å²) in [5, 5.41) is 8.43. The molecule has 0 spiro atoms. The fraction of sp³-hybridized carbons (Fsp3) is 0.143. The van der Waals surface area contributed by atoms with E-state index in [2.05, 4.69) is 31.2 Å². The number of nitrogens with zero attached hydrogens (tertiary/aromatic N) is 4. The Morgan fingerprint density at radius 1 is 0.967 bits per heavy atom. The van der Waals surface area contributed by atoms with E-state index in [-0.39, 0.29) is 18.0 Å². The van der Waals surface area contributed by atoms with Gasteiger partial charge in [-0.25, -0.2) is 4.68 Å². The van der Waals surface area contributed by atoms with Crippen LogP contribution in [0.3, 0.4) is 0 Å². The summed E-state index contributed by atoms with van der Waals surface area (Å²) < 4.78 is 18.1. The Morgan fingerprint density at radius 3 is 2.43 bits per heavy atom. The molecule has 4 rings (SSSR count). The SMILES string of the molecule is COc1ccc(-c2noc(Cn3nc(-c4ccc(Br)cc4)ccc3=O)n2)cc1OC. The van der Waals surface area contributed by atoms with Crippen LogP contribution in [0.2, 0.25) is 0 Å². The van der Waals surface area contributed by atoms with Gasteiger partial charge in [0.2, 0.25) is 11.7 Å². The standard InChI is InChI=1S/C21H17BrN4O4/c1-28-17-9-5-14(11-18(17)29-2)21-23-19(30-25-21)12-26-20(27)10-8-16(24-26)13-3-6-15(22)7-4-13/h3-11H,12H2,1-2H3. The largest absolute Gasteiger partial charge is 0.493 e. The summed E-state index contributed by atoms with van der Waals surface area (Å²) in [5.74, 6) is 1.80. The molecule has 2 aromatic heterocycles. The molecular formula is C21H17BrN4O4. The molecule has 0 atom stereocenters. The topological polar surface area (TPSA) is 92.3 Å². The lowest BCUT2D eigenvalue weighted by molar-refractivity contribution is 0.355. The molecule has 0 N–H and O–H groups in total. The van der Waals surface area contributed by atoms with E-state index in [0.717, 1.165) is 10.0 Å². The minimum absolute atomic E-state index is 0.0590. The molecule has 0 fully saturated rings. The van der Waals surface area contributed by atoms with Crippen molar-refractivity contribution >= 4 is 15.9 Å². The van der Waals surface area contributed by atoms with Gasteiger partial charge in [0.15, 0.2) is 11.5 Å². The molecule has 9 heteroatoms. The van der Waals surface area contributed by atoms with Gasteiger partial charge in [-0.3, -0.25) is 4.79 Å². The number of hydrogen-bond donors (Lipinski definition) is 0. The smallest absolute Gasteiger partial charge is 0.267 e. The van der Waals surface area contributed by atoms with Gasteiger partial charge >= 0.3 is 0 Å². The minimum atomic E-state index is -0.262. The van der Waals surface area contributed by atoms with Crippen molar-refractivity contribution in [2.24, 2.45) is 0 Å². The van der Waals surface area contributed by atoms with E-state index in [4.69, 9.17) is 14.0 Å². The second kappa shape index (κ2) is 8.50. The van der Waals surface area contributed by atoms with Crippen molar-refractivity contribution in [1.82, 2.24) is 19.9 Å². The van der Waals surface area contributed by atoms with Gasteiger partial charge in [-0.15, -0.1) is 0 Å². The lowest BCUT2D eigenvalue weighted by Crippen LogP contribution is -2.23. The van der Waals surface area contributed by atoms with Crippen LogP contribution in [0.25, 0.3) is 22.6 Å². The fourth-order valence-corrected chi connectivity index (χ4v) is 3.14. The maximum Gasteiger partial charge on any atom is 0.267 e. The number of rotatable bonds is 6. The zero-order valence-electron chi connectivity index (χ0n) is 16.2. The van der Waals surface area contributed by atoms with Gasteiger partial charge in [0.05, 0.1) is 19.9 Å². The van der Waals surface area contributed by atoms with Crippen LogP contribution in [0.5, 0.6) is 11.5 Å². The Morgan fingerprint density at radius 2 is 1.70 bits per heavy atom. The van der Waals surface area contributed by atoms with Crippen LogP contribution in [0.4, 0.5) is 0 Å². The third-order valence-electron chi connectivity index (χ3n) is 4.40. The van der Waals surface area contributed by atoms with Crippen molar-refractivity contribution in [3.63, 3.8) is 0 Å². The van der Waals surface area contributed by atoms with Crippen molar-refractivity contribution < 1.29 is 14.0 Å². The summed E-state index contributed by atoms with van der Waals surface area (Å²) in [7, 11) is 3.12. The summed E-state index contributed by atoms with van der Waals surface area (Å²) in [5.41, 5.74) is 2.00. The number of methoxy groups -OCH3 is 2. The Hall–Kier alpha value is -3.46. The third kappa shape index (κ3) is 4.11. The number of halogens is 1. The van der Waals surface area contributed by atoms with E-state index in [1.54, 1.807) is 38.5 Å². The lowest BCUT2D eigenvalue weighted by atomic mass is 10.1. The second-order valence-electron chi connectivity index (χ2n) is 6.30. The molecule has 8 nitrogen and oxygen atoms in total. The first-order valence-corrected chi connectivity index (χ1v) is 9.76. The molecule has 0 aliphatic rings. The molecule has 0 unspecified atom stereocenters. The van der Waals surface area contributed by atoms with Crippen molar-refractivity contribution in [3.8, 4) is 34.1 Å². The highest BCUT2D eigenvalue weighted by atomic mass is 79.9. The maximum atomic E-state index is 12.3. The zero-order valence-corrected chi connectivity index (χ0v) is 17.8. The monoisotopic (exact) mass is 468 g/mol. The van der Waals surface area contributed by atoms with E-state index < -0.39 is 0 Å². The molecule has 2 heterocycles. The molecule has 152 valence electrons. The van der Waals surface area contributed by atoms with Gasteiger partial charge in [-0.1, -0.05) is 33.2 Å². The first kappa shape index (κ1) is 19.8. The summed E-state index contributed by atoms with van der Waals surface area (Å²) in [6.07, 6.45) is 0. The fourth-order valence-electron chi connectivity index (χ4n) is 2.88. The minimum Gasteiger partial charge on any atom is -0.493 e. The molecule has 30 heavy (non-hydrogen) atoms.